The molecular weight excluding hydrogens is 321 g/mol. The van der Waals surface area contributed by atoms with Crippen molar-refractivity contribution in [1.82, 2.24) is 4.90 Å². The van der Waals surface area contributed by atoms with Crippen LogP contribution in [-0.4, -0.2) is 41.2 Å². The minimum Gasteiger partial charge on any atom is -0.481 e. The van der Waals surface area contributed by atoms with E-state index in [9.17, 15) is 9.59 Å². The summed E-state index contributed by atoms with van der Waals surface area (Å²) in [6.07, 6.45) is -0.0457. The number of carbonyl (C=O) groups excluding carboxylic acids is 1. The van der Waals surface area contributed by atoms with Gasteiger partial charge in [-0.1, -0.05) is 29.3 Å². The molecule has 1 rings (SSSR count). The van der Waals surface area contributed by atoms with E-state index in [1.54, 1.807) is 19.2 Å². The maximum absolute atomic E-state index is 11.7. The molecule has 0 saturated carbocycles. The number of hydrogen-bond donors (Lipinski definition) is 1. The van der Waals surface area contributed by atoms with Crippen molar-refractivity contribution < 1.29 is 14.7 Å². The van der Waals surface area contributed by atoms with Crippen molar-refractivity contribution in [2.24, 2.45) is 0 Å². The fourth-order valence-electron chi connectivity index (χ4n) is 1.39. The maximum Gasteiger partial charge on any atom is 0.305 e. The zero-order valence-corrected chi connectivity index (χ0v) is 13.3. The Hall–Kier alpha value is -0.910. The Bertz CT molecular complexity index is 497. The van der Waals surface area contributed by atoms with Gasteiger partial charge >= 0.3 is 5.97 Å². The average molecular weight is 336 g/mol. The van der Waals surface area contributed by atoms with Crippen molar-refractivity contribution in [1.29, 1.82) is 0 Å². The van der Waals surface area contributed by atoms with Gasteiger partial charge in [-0.3, -0.25) is 9.59 Å². The molecule has 0 fully saturated rings. The molecule has 7 heteroatoms. The second kappa shape index (κ2) is 8.39. The van der Waals surface area contributed by atoms with Gasteiger partial charge in [0, 0.05) is 29.4 Å². The Morgan fingerprint density at radius 2 is 2.05 bits per heavy atom. The summed E-state index contributed by atoms with van der Waals surface area (Å²) in [7, 11) is 1.60. The normalized spacial score (nSPS) is 10.3. The van der Waals surface area contributed by atoms with E-state index in [1.165, 1.54) is 16.7 Å². The molecule has 0 aromatic heterocycles. The van der Waals surface area contributed by atoms with Crippen molar-refractivity contribution in [2.45, 2.75) is 12.2 Å². The summed E-state index contributed by atoms with van der Waals surface area (Å²) in [6, 6.07) is 5.25. The highest BCUT2D eigenvalue weighted by atomic mass is 35.5. The summed E-state index contributed by atoms with van der Waals surface area (Å²) < 4.78 is 0. The summed E-state index contributed by atoms with van der Waals surface area (Å²) in [4.78, 5) is 23.6. The monoisotopic (exact) mass is 335 g/mol. The first-order chi connectivity index (χ1) is 9.40. The van der Waals surface area contributed by atoms with E-state index in [-0.39, 0.29) is 24.6 Å². The van der Waals surface area contributed by atoms with Crippen molar-refractivity contribution in [3.05, 3.63) is 33.8 Å². The largest absolute Gasteiger partial charge is 0.481 e. The van der Waals surface area contributed by atoms with Crippen molar-refractivity contribution >= 4 is 46.8 Å². The Kier molecular flexibility index (Phi) is 7.19. The first-order valence-corrected chi connectivity index (χ1v) is 7.78. The van der Waals surface area contributed by atoms with Crippen LogP contribution in [0.3, 0.4) is 0 Å². The van der Waals surface area contributed by atoms with E-state index in [0.717, 1.165) is 5.56 Å². The van der Waals surface area contributed by atoms with E-state index in [1.807, 2.05) is 6.07 Å². The number of aliphatic carboxylic acids is 1. The lowest BCUT2D eigenvalue weighted by Gasteiger charge is -2.15. The summed E-state index contributed by atoms with van der Waals surface area (Å²) in [5.41, 5.74) is 0.919. The molecule has 0 heterocycles. The van der Waals surface area contributed by atoms with Gasteiger partial charge in [0.15, 0.2) is 0 Å². The Morgan fingerprint density at radius 1 is 1.35 bits per heavy atom. The quantitative estimate of drug-likeness (QED) is 0.831. The molecule has 0 saturated heterocycles. The zero-order chi connectivity index (χ0) is 15.1. The van der Waals surface area contributed by atoms with Gasteiger partial charge in [0.05, 0.1) is 12.2 Å². The first-order valence-electron chi connectivity index (χ1n) is 5.87. The number of halogens is 2. The van der Waals surface area contributed by atoms with Crippen molar-refractivity contribution in [2.75, 3.05) is 19.3 Å². The lowest BCUT2D eigenvalue weighted by Crippen LogP contribution is -2.30. The molecule has 0 aliphatic carbocycles. The van der Waals surface area contributed by atoms with Gasteiger partial charge in [0.25, 0.3) is 0 Å². The molecular formula is C13H15Cl2NO3S. The van der Waals surface area contributed by atoms with Crippen LogP contribution >= 0.6 is 35.0 Å². The van der Waals surface area contributed by atoms with E-state index in [4.69, 9.17) is 28.3 Å². The number of carbonyl (C=O) groups is 2. The van der Waals surface area contributed by atoms with Gasteiger partial charge in [-0.2, -0.15) is 0 Å². The molecule has 0 aliphatic rings. The minimum atomic E-state index is -0.912. The van der Waals surface area contributed by atoms with Crippen LogP contribution in [0.1, 0.15) is 12.0 Å². The number of carboxylic acid groups (broad SMARTS) is 1. The molecule has 1 amide bonds. The number of amides is 1. The highest BCUT2D eigenvalue weighted by Crippen LogP contribution is 2.24. The second-order valence-electron chi connectivity index (χ2n) is 4.19. The Morgan fingerprint density at radius 3 is 2.65 bits per heavy atom. The Balaban J connectivity index is 2.36. The van der Waals surface area contributed by atoms with E-state index < -0.39 is 5.97 Å². The average Bonchev–Trinajstić information content (AvgIpc) is 2.38. The summed E-state index contributed by atoms with van der Waals surface area (Å²) in [5.74, 6) is -0.115. The molecule has 0 radical (unpaired) electrons. The van der Waals surface area contributed by atoms with Crippen LogP contribution in [0.4, 0.5) is 0 Å². The molecule has 0 bridgehead atoms. The molecule has 1 aromatic carbocycles. The van der Waals surface area contributed by atoms with Gasteiger partial charge in [-0.25, -0.2) is 0 Å². The van der Waals surface area contributed by atoms with Crippen molar-refractivity contribution in [3.8, 4) is 0 Å². The topological polar surface area (TPSA) is 57.6 Å². The van der Waals surface area contributed by atoms with Crippen LogP contribution < -0.4 is 0 Å². The summed E-state index contributed by atoms with van der Waals surface area (Å²) in [5, 5.41) is 9.71. The van der Waals surface area contributed by atoms with E-state index in [0.29, 0.717) is 15.8 Å². The third-order valence-corrected chi connectivity index (χ3v) is 4.14. The first kappa shape index (κ1) is 17.1. The van der Waals surface area contributed by atoms with Crippen LogP contribution in [0, 0.1) is 0 Å². The molecule has 0 spiro atoms. The van der Waals surface area contributed by atoms with Gasteiger partial charge in [-0.05, 0) is 17.7 Å². The molecule has 4 nitrogen and oxygen atoms in total. The van der Waals surface area contributed by atoms with Crippen LogP contribution in [0.5, 0.6) is 0 Å². The molecule has 0 aliphatic heterocycles. The van der Waals surface area contributed by atoms with Crippen LogP contribution in [0.15, 0.2) is 18.2 Å². The summed E-state index contributed by atoms with van der Waals surface area (Å²) in [6.45, 7) is 0.219. The molecule has 1 N–H and O–H groups in total. The predicted molar refractivity (Wildman–Crippen MR) is 82.5 cm³/mol. The van der Waals surface area contributed by atoms with Crippen LogP contribution in [0.2, 0.25) is 10.0 Å². The van der Waals surface area contributed by atoms with Crippen LogP contribution in [0.25, 0.3) is 0 Å². The molecule has 1 aromatic rings. The minimum absolute atomic E-state index is 0.0457. The fourth-order valence-corrected chi connectivity index (χ4v) is 2.91. The maximum atomic E-state index is 11.7. The number of carboxylic acids is 1. The number of thioether (sulfide) groups is 1. The van der Waals surface area contributed by atoms with Gasteiger partial charge in [-0.15, -0.1) is 11.8 Å². The zero-order valence-electron chi connectivity index (χ0n) is 10.9. The van der Waals surface area contributed by atoms with E-state index >= 15 is 0 Å². The highest BCUT2D eigenvalue weighted by molar-refractivity contribution is 7.99. The summed E-state index contributed by atoms with van der Waals surface area (Å²) >= 11 is 13.3. The van der Waals surface area contributed by atoms with Gasteiger partial charge in [0.2, 0.25) is 5.91 Å². The van der Waals surface area contributed by atoms with Gasteiger partial charge in [0.1, 0.15) is 0 Å². The van der Waals surface area contributed by atoms with Gasteiger partial charge < -0.3 is 10.0 Å². The second-order valence-corrected chi connectivity index (χ2v) is 6.02. The lowest BCUT2D eigenvalue weighted by atomic mass is 10.2. The fraction of sp³-hybridized carbons (Fsp3) is 0.385. The molecule has 0 atom stereocenters. The lowest BCUT2D eigenvalue weighted by molar-refractivity contribution is -0.137. The number of benzene rings is 1. The standard InChI is InChI=1S/C13H15Cl2NO3S/c1-16(5-4-13(18)19)12(17)8-20-7-9-2-3-10(14)6-11(9)15/h2-3,6H,4-5,7-8H2,1H3,(H,18,19). The molecule has 0 unspecified atom stereocenters. The number of nitrogens with zero attached hydrogens (tertiary/aromatic N) is 1. The Labute approximate surface area is 132 Å². The molecule has 110 valence electrons. The number of rotatable bonds is 7. The van der Waals surface area contributed by atoms with E-state index in [2.05, 4.69) is 0 Å². The molecule has 20 heavy (non-hydrogen) atoms. The highest BCUT2D eigenvalue weighted by Gasteiger charge is 2.11. The van der Waals surface area contributed by atoms with Crippen LogP contribution in [-0.2, 0) is 15.3 Å². The SMILES string of the molecule is CN(CCC(=O)O)C(=O)CSCc1ccc(Cl)cc1Cl. The number of hydrogen-bond acceptors (Lipinski definition) is 3. The third kappa shape index (κ3) is 6.03. The smallest absolute Gasteiger partial charge is 0.305 e. The predicted octanol–water partition coefficient (Wildman–Crippen LogP) is 3.16. The third-order valence-electron chi connectivity index (χ3n) is 2.59. The van der Waals surface area contributed by atoms with Crippen molar-refractivity contribution in [3.63, 3.8) is 0 Å².